The number of hydrogen-bond donors (Lipinski definition) is 2. The van der Waals surface area contributed by atoms with Crippen molar-refractivity contribution in [3.8, 4) is 0 Å². The van der Waals surface area contributed by atoms with E-state index in [9.17, 15) is 26.4 Å². The molecule has 33 heavy (non-hydrogen) atoms. The third kappa shape index (κ3) is 10.0. The van der Waals surface area contributed by atoms with Crippen LogP contribution in [0, 0.1) is 0 Å². The second-order valence-electron chi connectivity index (χ2n) is 7.45. The normalized spacial score (nSPS) is 12.5. The van der Waals surface area contributed by atoms with Gasteiger partial charge in [0.05, 0.1) is 16.4 Å². The molecule has 0 fully saturated rings. The van der Waals surface area contributed by atoms with Gasteiger partial charge in [-0.05, 0) is 30.5 Å². The predicted octanol–water partition coefficient (Wildman–Crippen LogP) is 1.70. The van der Waals surface area contributed by atoms with E-state index in [4.69, 9.17) is 4.74 Å². The first-order valence-corrected chi connectivity index (χ1v) is 14.0. The van der Waals surface area contributed by atoms with Gasteiger partial charge in [-0.2, -0.15) is 0 Å². The Balaban J connectivity index is 1.88. The van der Waals surface area contributed by atoms with Gasteiger partial charge in [0, 0.05) is 12.8 Å². The van der Waals surface area contributed by atoms with Crippen LogP contribution in [0.2, 0.25) is 0 Å². The Morgan fingerprint density at radius 1 is 0.909 bits per heavy atom. The molecule has 2 N–H and O–H groups in total. The Bertz CT molecular complexity index is 1120. The quantitative estimate of drug-likeness (QED) is 0.427. The van der Waals surface area contributed by atoms with Crippen molar-refractivity contribution in [2.24, 2.45) is 0 Å². The Morgan fingerprint density at radius 3 is 2.12 bits per heavy atom. The number of amides is 2. The zero-order chi connectivity index (χ0) is 24.3. The zero-order valence-corrected chi connectivity index (χ0v) is 19.9. The lowest BCUT2D eigenvalue weighted by Gasteiger charge is -2.18. The van der Waals surface area contributed by atoms with Gasteiger partial charge < -0.3 is 15.4 Å². The lowest BCUT2D eigenvalue weighted by molar-refractivity contribution is -0.123. The van der Waals surface area contributed by atoms with Gasteiger partial charge in [-0.25, -0.2) is 21.6 Å². The fraction of sp³-hybridized carbons (Fsp3) is 0.364. The van der Waals surface area contributed by atoms with Crippen LogP contribution < -0.4 is 10.6 Å². The predicted molar refractivity (Wildman–Crippen MR) is 124 cm³/mol. The first-order valence-electron chi connectivity index (χ1n) is 10.3. The van der Waals surface area contributed by atoms with Crippen molar-refractivity contribution >= 4 is 31.7 Å². The summed E-state index contributed by atoms with van der Waals surface area (Å²) in [5.74, 6) is -1.10. The molecule has 0 radical (unpaired) electrons. The van der Waals surface area contributed by atoms with E-state index in [1.807, 2.05) is 6.07 Å². The molecule has 1 atom stereocenters. The van der Waals surface area contributed by atoms with Crippen molar-refractivity contribution in [1.29, 1.82) is 0 Å². The summed E-state index contributed by atoms with van der Waals surface area (Å²) in [6.07, 6.45) is 0.178. The van der Waals surface area contributed by atoms with Gasteiger partial charge in [0.25, 0.3) is 0 Å². The molecule has 0 saturated heterocycles. The highest BCUT2D eigenvalue weighted by atomic mass is 32.2. The average Bonchev–Trinajstić information content (AvgIpc) is 2.78. The summed E-state index contributed by atoms with van der Waals surface area (Å²) in [6, 6.07) is 15.8. The van der Waals surface area contributed by atoms with Crippen molar-refractivity contribution in [2.45, 2.75) is 30.4 Å². The first-order chi connectivity index (χ1) is 15.6. The molecular formula is C22H28N2O7S2. The van der Waals surface area contributed by atoms with Crippen LogP contribution in [0.3, 0.4) is 0 Å². The topological polar surface area (TPSA) is 136 Å². The SMILES string of the molecule is CS(=O)(=O)CCC(NC(=O)OCc1ccccc1)C(=O)NCCCS(=O)(=O)c1ccccc1. The average molecular weight is 497 g/mol. The number of carbonyl (C=O) groups is 2. The number of hydrogen-bond acceptors (Lipinski definition) is 7. The van der Waals surface area contributed by atoms with E-state index >= 15 is 0 Å². The van der Waals surface area contributed by atoms with E-state index in [0.29, 0.717) is 0 Å². The molecule has 1 unspecified atom stereocenters. The largest absolute Gasteiger partial charge is 0.445 e. The maximum Gasteiger partial charge on any atom is 0.408 e. The maximum absolute atomic E-state index is 12.5. The van der Waals surface area contributed by atoms with Gasteiger partial charge in [-0.15, -0.1) is 0 Å². The molecule has 2 rings (SSSR count). The fourth-order valence-corrected chi connectivity index (χ4v) is 4.85. The summed E-state index contributed by atoms with van der Waals surface area (Å²) in [5.41, 5.74) is 0.754. The Labute approximate surface area is 194 Å². The molecule has 0 saturated carbocycles. The molecular weight excluding hydrogens is 468 g/mol. The van der Waals surface area contributed by atoms with E-state index in [-0.39, 0.29) is 42.4 Å². The highest BCUT2D eigenvalue weighted by Crippen LogP contribution is 2.10. The molecule has 0 heterocycles. The summed E-state index contributed by atoms with van der Waals surface area (Å²) in [7, 11) is -6.85. The van der Waals surface area contributed by atoms with Crippen LogP contribution in [-0.4, -0.2) is 59.2 Å². The van der Waals surface area contributed by atoms with Crippen LogP contribution in [0.1, 0.15) is 18.4 Å². The summed E-state index contributed by atoms with van der Waals surface area (Å²) in [4.78, 5) is 24.9. The molecule has 0 bridgehead atoms. The van der Waals surface area contributed by atoms with Crippen LogP contribution >= 0.6 is 0 Å². The molecule has 0 aliphatic heterocycles. The number of sulfone groups is 2. The van der Waals surface area contributed by atoms with Crippen molar-refractivity contribution in [3.05, 3.63) is 66.2 Å². The van der Waals surface area contributed by atoms with Crippen molar-refractivity contribution < 1.29 is 31.2 Å². The van der Waals surface area contributed by atoms with Gasteiger partial charge in [0.2, 0.25) is 5.91 Å². The van der Waals surface area contributed by atoms with Crippen LogP contribution in [0.4, 0.5) is 4.79 Å². The van der Waals surface area contributed by atoms with Gasteiger partial charge in [0.15, 0.2) is 9.84 Å². The van der Waals surface area contributed by atoms with Crippen LogP contribution in [0.15, 0.2) is 65.6 Å². The molecule has 2 aromatic rings. The minimum absolute atomic E-state index is 0.00949. The van der Waals surface area contributed by atoms with Crippen molar-refractivity contribution in [2.75, 3.05) is 24.3 Å². The minimum Gasteiger partial charge on any atom is -0.445 e. The van der Waals surface area contributed by atoms with Gasteiger partial charge in [-0.3, -0.25) is 4.79 Å². The lowest BCUT2D eigenvalue weighted by atomic mass is 10.2. The summed E-state index contributed by atoms with van der Waals surface area (Å²) >= 11 is 0. The van der Waals surface area contributed by atoms with Crippen LogP contribution in [0.25, 0.3) is 0 Å². The number of nitrogens with one attached hydrogen (secondary N) is 2. The monoisotopic (exact) mass is 496 g/mol. The van der Waals surface area contributed by atoms with Gasteiger partial charge in [-0.1, -0.05) is 48.5 Å². The smallest absolute Gasteiger partial charge is 0.408 e. The Hall–Kier alpha value is -2.92. The van der Waals surface area contributed by atoms with Crippen LogP contribution in [0.5, 0.6) is 0 Å². The fourth-order valence-electron chi connectivity index (χ4n) is 2.85. The van der Waals surface area contributed by atoms with Crippen molar-refractivity contribution in [1.82, 2.24) is 10.6 Å². The first kappa shape index (κ1) is 26.3. The highest BCUT2D eigenvalue weighted by Gasteiger charge is 2.23. The minimum atomic E-state index is -3.48. The Morgan fingerprint density at radius 2 is 1.52 bits per heavy atom. The molecule has 2 aromatic carbocycles. The summed E-state index contributed by atoms with van der Waals surface area (Å²) in [6.45, 7) is 0.0332. The zero-order valence-electron chi connectivity index (χ0n) is 18.3. The summed E-state index contributed by atoms with van der Waals surface area (Å²) < 4.78 is 52.7. The van der Waals surface area contributed by atoms with E-state index in [1.165, 1.54) is 12.1 Å². The van der Waals surface area contributed by atoms with E-state index in [0.717, 1.165) is 11.8 Å². The lowest BCUT2D eigenvalue weighted by Crippen LogP contribution is -2.48. The number of rotatable bonds is 12. The second kappa shape index (κ2) is 12.4. The number of ether oxygens (including phenoxy) is 1. The van der Waals surface area contributed by atoms with E-state index in [1.54, 1.807) is 42.5 Å². The number of alkyl carbamates (subject to hydrolysis) is 1. The molecule has 0 aromatic heterocycles. The van der Waals surface area contributed by atoms with Crippen molar-refractivity contribution in [3.63, 3.8) is 0 Å². The third-order valence-electron chi connectivity index (χ3n) is 4.59. The molecule has 2 amide bonds. The van der Waals surface area contributed by atoms with Gasteiger partial charge in [0.1, 0.15) is 22.5 Å². The molecule has 9 nitrogen and oxygen atoms in total. The standard InChI is InChI=1S/C22H28N2O7S2/c1-32(27,28)16-13-20(24-22(26)31-17-18-9-4-2-5-10-18)21(25)23-14-8-15-33(29,30)19-11-6-3-7-12-19/h2-7,9-12,20H,8,13-17H2,1H3,(H,23,25)(H,24,26). The maximum atomic E-state index is 12.5. The van der Waals surface area contributed by atoms with E-state index < -0.39 is 37.7 Å². The summed E-state index contributed by atoms with van der Waals surface area (Å²) in [5, 5.41) is 4.94. The third-order valence-corrected chi connectivity index (χ3v) is 7.38. The highest BCUT2D eigenvalue weighted by molar-refractivity contribution is 7.91. The number of carbonyl (C=O) groups excluding carboxylic acids is 2. The number of benzene rings is 2. The molecule has 0 aliphatic carbocycles. The van der Waals surface area contributed by atoms with Gasteiger partial charge >= 0.3 is 6.09 Å². The molecule has 180 valence electrons. The van der Waals surface area contributed by atoms with E-state index in [2.05, 4.69) is 10.6 Å². The molecule has 0 spiro atoms. The Kier molecular flexibility index (Phi) is 9.86. The van der Waals surface area contributed by atoms with Crippen LogP contribution in [-0.2, 0) is 35.8 Å². The second-order valence-corrected chi connectivity index (χ2v) is 11.8. The molecule has 0 aliphatic rings. The molecule has 11 heteroatoms.